The van der Waals surface area contributed by atoms with Gasteiger partial charge in [-0.1, -0.05) is 11.8 Å². The van der Waals surface area contributed by atoms with Crippen LogP contribution in [-0.4, -0.2) is 31.1 Å². The minimum absolute atomic E-state index is 0.0592. The highest BCUT2D eigenvalue weighted by molar-refractivity contribution is 7.99. The minimum Gasteiger partial charge on any atom is -0.335 e. The third-order valence-electron chi connectivity index (χ3n) is 5.27. The molecule has 0 radical (unpaired) electrons. The van der Waals surface area contributed by atoms with Crippen LogP contribution in [0.2, 0.25) is 0 Å². The van der Waals surface area contributed by atoms with Crippen molar-refractivity contribution in [3.63, 3.8) is 0 Å². The zero-order chi connectivity index (χ0) is 24.4. The lowest BCUT2D eigenvalue weighted by molar-refractivity contribution is -0.113. The third-order valence-corrected chi connectivity index (χ3v) is 6.21. The first kappa shape index (κ1) is 23.0. The largest absolute Gasteiger partial charge is 0.335 e. The predicted octanol–water partition coefficient (Wildman–Crippen LogP) is 3.95. The summed E-state index contributed by atoms with van der Waals surface area (Å²) in [7, 11) is 0. The van der Waals surface area contributed by atoms with E-state index in [1.54, 1.807) is 23.6 Å². The molecule has 0 bridgehead atoms. The van der Waals surface area contributed by atoms with Crippen molar-refractivity contribution < 1.29 is 13.6 Å². The van der Waals surface area contributed by atoms with E-state index in [1.807, 2.05) is 6.92 Å². The van der Waals surface area contributed by atoms with Gasteiger partial charge in [0.1, 0.15) is 23.5 Å². The summed E-state index contributed by atoms with van der Waals surface area (Å²) >= 11 is 1.06. The van der Waals surface area contributed by atoms with E-state index >= 15 is 0 Å². The van der Waals surface area contributed by atoms with Crippen LogP contribution in [0, 0.1) is 36.8 Å². The minimum atomic E-state index is -0.395. The maximum atomic E-state index is 13.4. The molecule has 0 aliphatic carbocycles. The number of anilines is 1. The molecule has 0 spiro atoms. The van der Waals surface area contributed by atoms with E-state index in [4.69, 9.17) is 5.84 Å². The molecule has 172 valence electrons. The Morgan fingerprint density at radius 1 is 1.09 bits per heavy atom. The van der Waals surface area contributed by atoms with E-state index < -0.39 is 11.7 Å². The van der Waals surface area contributed by atoms with Crippen molar-refractivity contribution in [3.8, 4) is 23.1 Å². The lowest BCUT2D eigenvalue weighted by atomic mass is 10.2. The molecule has 0 fully saturated rings. The van der Waals surface area contributed by atoms with E-state index in [0.717, 1.165) is 17.5 Å². The summed E-state index contributed by atoms with van der Waals surface area (Å²) < 4.78 is 29.5. The topological polar surface area (TPSA) is 115 Å². The Balaban J connectivity index is 1.54. The second-order valence-corrected chi connectivity index (χ2v) is 8.32. The molecule has 0 unspecified atom stereocenters. The van der Waals surface area contributed by atoms with Crippen LogP contribution >= 0.6 is 11.8 Å². The second-order valence-electron chi connectivity index (χ2n) is 7.38. The highest BCUT2D eigenvalue weighted by atomic mass is 32.2. The molecular weight excluding hydrogens is 460 g/mol. The Morgan fingerprint density at radius 3 is 2.32 bits per heavy atom. The molecule has 2 aromatic carbocycles. The summed E-state index contributed by atoms with van der Waals surface area (Å²) in [4.78, 5) is 12.8. The number of hydrogen-bond acceptors (Lipinski definition) is 6. The van der Waals surface area contributed by atoms with E-state index in [-0.39, 0.29) is 16.7 Å². The molecule has 11 heteroatoms. The zero-order valence-corrected chi connectivity index (χ0v) is 19.0. The van der Waals surface area contributed by atoms with Gasteiger partial charge in [-0.15, -0.1) is 10.2 Å². The van der Waals surface area contributed by atoms with Gasteiger partial charge in [-0.05, 0) is 67.9 Å². The van der Waals surface area contributed by atoms with Crippen molar-refractivity contribution in [1.82, 2.24) is 19.4 Å². The Bertz CT molecular complexity index is 1400. The quantitative estimate of drug-likeness (QED) is 0.320. The number of thioether (sulfide) groups is 1. The second kappa shape index (κ2) is 9.36. The van der Waals surface area contributed by atoms with Crippen LogP contribution in [-0.2, 0) is 4.79 Å². The van der Waals surface area contributed by atoms with Crippen LogP contribution in [0.5, 0.6) is 0 Å². The maximum Gasteiger partial charge on any atom is 0.236 e. The van der Waals surface area contributed by atoms with Crippen molar-refractivity contribution >= 4 is 23.5 Å². The van der Waals surface area contributed by atoms with Gasteiger partial charge in [-0.2, -0.15) is 5.26 Å². The number of hydrogen-bond donors (Lipinski definition) is 2. The van der Waals surface area contributed by atoms with Crippen molar-refractivity contribution in [2.24, 2.45) is 0 Å². The van der Waals surface area contributed by atoms with Crippen LogP contribution in [0.3, 0.4) is 0 Å². The number of benzene rings is 2. The Hall–Kier alpha value is -4.17. The first-order valence-corrected chi connectivity index (χ1v) is 11.1. The summed E-state index contributed by atoms with van der Waals surface area (Å²) in [6, 6.07) is 13.5. The molecule has 0 aliphatic rings. The molecule has 2 heterocycles. The first-order valence-electron chi connectivity index (χ1n) is 10.1. The van der Waals surface area contributed by atoms with E-state index in [2.05, 4.69) is 21.6 Å². The number of rotatable bonds is 6. The number of nitrogens with zero attached hydrogens (tertiary/aromatic N) is 5. The van der Waals surface area contributed by atoms with Crippen LogP contribution in [0.4, 0.5) is 14.6 Å². The molecule has 3 N–H and O–H groups in total. The number of carbonyl (C=O) groups is 1. The molecule has 1 amide bonds. The van der Waals surface area contributed by atoms with Crippen molar-refractivity contribution in [2.75, 3.05) is 16.9 Å². The fraction of sp³-hybridized carbons (Fsp3) is 0.130. The molecule has 8 nitrogen and oxygen atoms in total. The van der Waals surface area contributed by atoms with Crippen molar-refractivity contribution in [1.29, 1.82) is 5.26 Å². The average molecular weight is 480 g/mol. The van der Waals surface area contributed by atoms with Gasteiger partial charge in [0.15, 0.2) is 5.82 Å². The zero-order valence-electron chi connectivity index (χ0n) is 18.2. The number of halogens is 2. The molecule has 2 aromatic heterocycles. The molecule has 34 heavy (non-hydrogen) atoms. The number of amides is 1. The number of nitriles is 1. The number of nitrogen functional groups attached to an aromatic ring is 1. The maximum absolute atomic E-state index is 13.4. The number of nitrogens with one attached hydrogen (secondary N) is 1. The van der Waals surface area contributed by atoms with E-state index in [0.29, 0.717) is 34.0 Å². The van der Waals surface area contributed by atoms with E-state index in [1.165, 1.54) is 41.1 Å². The van der Waals surface area contributed by atoms with E-state index in [9.17, 15) is 18.8 Å². The van der Waals surface area contributed by atoms with Gasteiger partial charge in [-0.25, -0.2) is 13.5 Å². The Labute approximate surface area is 198 Å². The normalized spacial score (nSPS) is 10.8. The summed E-state index contributed by atoms with van der Waals surface area (Å²) in [5.74, 6) is 5.46. The lowest BCUT2D eigenvalue weighted by Gasteiger charge is -2.13. The molecule has 0 aliphatic heterocycles. The molecule has 4 aromatic rings. The number of carbonyl (C=O) groups excluding carboxylic acids is 1. The van der Waals surface area contributed by atoms with Crippen LogP contribution in [0.1, 0.15) is 16.8 Å². The summed E-state index contributed by atoms with van der Waals surface area (Å²) in [5, 5.41) is 20.8. The average Bonchev–Trinajstić information content (AvgIpc) is 3.30. The van der Waals surface area contributed by atoms with Gasteiger partial charge in [0, 0.05) is 16.9 Å². The Kier molecular flexibility index (Phi) is 6.34. The van der Waals surface area contributed by atoms with Crippen LogP contribution in [0.15, 0.2) is 53.7 Å². The van der Waals surface area contributed by atoms with Gasteiger partial charge >= 0.3 is 0 Å². The molecular formula is C23H19F2N7OS. The highest BCUT2D eigenvalue weighted by Crippen LogP contribution is 2.30. The van der Waals surface area contributed by atoms with Gasteiger partial charge < -0.3 is 11.2 Å². The fourth-order valence-electron chi connectivity index (χ4n) is 3.44. The van der Waals surface area contributed by atoms with Gasteiger partial charge in [0.2, 0.25) is 11.1 Å². The smallest absolute Gasteiger partial charge is 0.236 e. The molecule has 0 saturated carbocycles. The highest BCUT2D eigenvalue weighted by Gasteiger charge is 2.21. The predicted molar refractivity (Wildman–Crippen MR) is 125 cm³/mol. The summed E-state index contributed by atoms with van der Waals surface area (Å²) in [6.45, 7) is 3.60. The number of aromatic nitrogens is 4. The monoisotopic (exact) mass is 479 g/mol. The summed E-state index contributed by atoms with van der Waals surface area (Å²) in [5.41, 5.74) is 2.96. The fourth-order valence-corrected chi connectivity index (χ4v) is 4.10. The number of nitrogens with two attached hydrogens (primary N) is 1. The van der Waals surface area contributed by atoms with Gasteiger partial charge in [0.25, 0.3) is 0 Å². The SMILES string of the molecule is Cc1c(C#N)c(NC(=O)CSc2nnc(-c3ccc(F)cc3)n2N)n(-c2ccc(F)cc2)c1C. The van der Waals surface area contributed by atoms with Gasteiger partial charge in [0.05, 0.1) is 11.3 Å². The molecule has 0 saturated heterocycles. The molecule has 0 atom stereocenters. The molecule has 4 rings (SSSR count). The standard InChI is InChI=1S/C23H19F2N7OS/c1-13-14(2)31(18-9-7-17(25)8-10-18)22(19(13)11-26)28-20(33)12-34-23-30-29-21(32(23)27)15-3-5-16(24)6-4-15/h3-10H,12,27H2,1-2H3,(H,28,33). The van der Waals surface area contributed by atoms with Crippen LogP contribution in [0.25, 0.3) is 17.1 Å². The van der Waals surface area contributed by atoms with Gasteiger partial charge in [-0.3, -0.25) is 9.36 Å². The first-order chi connectivity index (χ1) is 16.3. The lowest BCUT2D eigenvalue weighted by Crippen LogP contribution is -2.19. The van der Waals surface area contributed by atoms with Crippen molar-refractivity contribution in [2.45, 2.75) is 19.0 Å². The van der Waals surface area contributed by atoms with Crippen LogP contribution < -0.4 is 11.2 Å². The Morgan fingerprint density at radius 2 is 1.71 bits per heavy atom. The third kappa shape index (κ3) is 4.35. The summed E-state index contributed by atoms with van der Waals surface area (Å²) in [6.07, 6.45) is 0. The van der Waals surface area contributed by atoms with Crippen molar-refractivity contribution in [3.05, 3.63) is 77.0 Å².